The number of nitrogens with zero attached hydrogens (tertiary/aromatic N) is 1. The van der Waals surface area contributed by atoms with Gasteiger partial charge in [-0.2, -0.15) is 17.5 Å². The quantitative estimate of drug-likeness (QED) is 0.784. The maximum absolute atomic E-state index is 12.9. The number of esters is 1. The van der Waals surface area contributed by atoms with Crippen LogP contribution in [0.1, 0.15) is 9.67 Å². The van der Waals surface area contributed by atoms with E-state index in [1.54, 1.807) is 0 Å². The van der Waals surface area contributed by atoms with E-state index < -0.39 is 53.1 Å². The summed E-state index contributed by atoms with van der Waals surface area (Å²) in [6, 6.07) is 0.989. The molecule has 24 heavy (non-hydrogen) atoms. The Morgan fingerprint density at radius 2 is 2.00 bits per heavy atom. The maximum Gasteiger partial charge on any atom is 0.393 e. The molecule has 1 aliphatic rings. The first-order chi connectivity index (χ1) is 11.0. The standard InChI is InChI=1S/C12H12F3NO6S2/c1-22-11(19)9-2-6(5-23-9)24(20,21)16-3-7(10(17)18)8(4-16)12(13,14)15/h2,5,7-8H,3-4H2,1H3,(H,17,18)/t7-,8-/m1/s1. The number of sulfonamides is 1. The van der Waals surface area contributed by atoms with Crippen molar-refractivity contribution in [2.45, 2.75) is 11.1 Å². The molecule has 0 bridgehead atoms. The number of hydrogen-bond acceptors (Lipinski definition) is 6. The van der Waals surface area contributed by atoms with Crippen LogP contribution < -0.4 is 0 Å². The summed E-state index contributed by atoms with van der Waals surface area (Å²) in [5.41, 5.74) is 0. The first-order valence-electron chi connectivity index (χ1n) is 6.45. The van der Waals surface area contributed by atoms with Gasteiger partial charge in [-0.15, -0.1) is 11.3 Å². The minimum atomic E-state index is -4.83. The van der Waals surface area contributed by atoms with E-state index in [9.17, 15) is 31.2 Å². The second-order valence-corrected chi connectivity index (χ2v) is 7.90. The summed E-state index contributed by atoms with van der Waals surface area (Å²) in [5.74, 6) is -6.66. The molecule has 0 unspecified atom stereocenters. The Bertz CT molecular complexity index is 757. The number of ether oxygens (including phenoxy) is 1. The predicted molar refractivity (Wildman–Crippen MR) is 75.1 cm³/mol. The largest absolute Gasteiger partial charge is 0.481 e. The van der Waals surface area contributed by atoms with Crippen LogP contribution in [-0.4, -0.2) is 56.1 Å². The van der Waals surface area contributed by atoms with Crippen molar-refractivity contribution in [3.63, 3.8) is 0 Å². The van der Waals surface area contributed by atoms with Gasteiger partial charge in [-0.3, -0.25) is 4.79 Å². The molecule has 2 atom stereocenters. The van der Waals surface area contributed by atoms with Crippen LogP contribution in [0, 0.1) is 11.8 Å². The summed E-state index contributed by atoms with van der Waals surface area (Å²) < 4.78 is 68.6. The minimum Gasteiger partial charge on any atom is -0.481 e. The average molecular weight is 387 g/mol. The summed E-state index contributed by atoms with van der Waals surface area (Å²) in [5, 5.41) is 10.0. The molecule has 134 valence electrons. The highest BCUT2D eigenvalue weighted by Gasteiger charge is 2.55. The Hall–Kier alpha value is -1.66. The Balaban J connectivity index is 2.32. The topological polar surface area (TPSA) is 101 Å². The fourth-order valence-electron chi connectivity index (χ4n) is 2.36. The molecule has 1 N–H and O–H groups in total. The molecule has 0 amide bonds. The summed E-state index contributed by atoms with van der Waals surface area (Å²) in [6.45, 7) is -1.77. The zero-order chi connectivity index (χ0) is 18.3. The fraction of sp³-hybridized carbons (Fsp3) is 0.500. The normalized spacial score (nSPS) is 22.5. The Morgan fingerprint density at radius 1 is 1.38 bits per heavy atom. The van der Waals surface area contributed by atoms with E-state index in [0.717, 1.165) is 29.9 Å². The molecule has 1 fully saturated rings. The molecule has 0 spiro atoms. The van der Waals surface area contributed by atoms with Crippen molar-refractivity contribution in [1.82, 2.24) is 4.31 Å². The van der Waals surface area contributed by atoms with Gasteiger partial charge in [-0.05, 0) is 6.07 Å². The molecule has 1 aromatic rings. The van der Waals surface area contributed by atoms with Gasteiger partial charge in [0.15, 0.2) is 0 Å². The number of alkyl halides is 3. The average Bonchev–Trinajstić information content (AvgIpc) is 3.13. The van der Waals surface area contributed by atoms with Crippen LogP contribution in [0.4, 0.5) is 13.2 Å². The molecular weight excluding hydrogens is 375 g/mol. The zero-order valence-electron chi connectivity index (χ0n) is 12.1. The van der Waals surface area contributed by atoms with Crippen molar-refractivity contribution >= 4 is 33.3 Å². The van der Waals surface area contributed by atoms with Crippen LogP contribution in [0.15, 0.2) is 16.3 Å². The lowest BCUT2D eigenvalue weighted by atomic mass is 9.96. The van der Waals surface area contributed by atoms with E-state index >= 15 is 0 Å². The third-order valence-corrected chi connectivity index (χ3v) is 6.49. The summed E-state index contributed by atoms with van der Waals surface area (Å²) in [6.07, 6.45) is -4.83. The van der Waals surface area contributed by atoms with Crippen molar-refractivity contribution in [2.75, 3.05) is 20.2 Å². The molecule has 2 heterocycles. The molecule has 1 aromatic heterocycles. The van der Waals surface area contributed by atoms with E-state index in [-0.39, 0.29) is 9.77 Å². The van der Waals surface area contributed by atoms with Crippen molar-refractivity contribution < 1.29 is 41.0 Å². The lowest BCUT2D eigenvalue weighted by Gasteiger charge is -2.18. The molecule has 2 rings (SSSR count). The van der Waals surface area contributed by atoms with Gasteiger partial charge in [0.25, 0.3) is 0 Å². The van der Waals surface area contributed by atoms with Crippen LogP contribution in [-0.2, 0) is 19.6 Å². The smallest absolute Gasteiger partial charge is 0.393 e. The van der Waals surface area contributed by atoms with Gasteiger partial charge in [0.05, 0.1) is 23.8 Å². The SMILES string of the molecule is COC(=O)c1cc(S(=O)(=O)N2C[C@@H](C(F)(F)F)[C@H](C(=O)O)C2)cs1. The molecule has 0 saturated carbocycles. The number of methoxy groups -OCH3 is 1. The molecule has 1 aliphatic heterocycles. The van der Waals surface area contributed by atoms with Crippen molar-refractivity contribution in [2.24, 2.45) is 11.8 Å². The number of carboxylic acid groups (broad SMARTS) is 1. The second-order valence-electron chi connectivity index (χ2n) is 5.05. The van der Waals surface area contributed by atoms with E-state index in [1.807, 2.05) is 0 Å². The lowest BCUT2D eigenvalue weighted by Crippen LogP contribution is -2.34. The molecule has 0 aliphatic carbocycles. The lowest BCUT2D eigenvalue weighted by molar-refractivity contribution is -0.187. The molecular formula is C12H12F3NO6S2. The van der Waals surface area contributed by atoms with Gasteiger partial charge in [0.2, 0.25) is 10.0 Å². The van der Waals surface area contributed by atoms with Gasteiger partial charge in [0, 0.05) is 18.5 Å². The van der Waals surface area contributed by atoms with Gasteiger partial charge in [-0.1, -0.05) is 0 Å². The first-order valence-corrected chi connectivity index (χ1v) is 8.77. The van der Waals surface area contributed by atoms with Crippen molar-refractivity contribution in [1.29, 1.82) is 0 Å². The van der Waals surface area contributed by atoms with Gasteiger partial charge < -0.3 is 9.84 Å². The number of carboxylic acids is 1. The summed E-state index contributed by atoms with van der Waals surface area (Å²) >= 11 is 0.762. The Kier molecular flexibility index (Phi) is 4.93. The monoisotopic (exact) mass is 387 g/mol. The predicted octanol–water partition coefficient (Wildman–Crippen LogP) is 1.42. The molecule has 1 saturated heterocycles. The van der Waals surface area contributed by atoms with Crippen LogP contribution in [0.2, 0.25) is 0 Å². The first kappa shape index (κ1) is 18.7. The Labute approximate surface area is 138 Å². The van der Waals surface area contributed by atoms with Crippen LogP contribution >= 0.6 is 11.3 Å². The number of rotatable bonds is 4. The van der Waals surface area contributed by atoms with E-state index in [0.29, 0.717) is 4.31 Å². The fourth-order valence-corrected chi connectivity index (χ4v) is 5.03. The van der Waals surface area contributed by atoms with Crippen LogP contribution in [0.5, 0.6) is 0 Å². The van der Waals surface area contributed by atoms with Gasteiger partial charge in [0.1, 0.15) is 4.88 Å². The van der Waals surface area contributed by atoms with Crippen molar-refractivity contribution in [3.05, 3.63) is 16.3 Å². The number of carbonyl (C=O) groups excluding carboxylic acids is 1. The highest BCUT2D eigenvalue weighted by molar-refractivity contribution is 7.89. The molecule has 12 heteroatoms. The molecule has 0 radical (unpaired) electrons. The molecule has 7 nitrogen and oxygen atoms in total. The zero-order valence-corrected chi connectivity index (χ0v) is 13.7. The van der Waals surface area contributed by atoms with Crippen LogP contribution in [0.3, 0.4) is 0 Å². The highest BCUT2D eigenvalue weighted by Crippen LogP contribution is 2.40. The molecule has 0 aromatic carbocycles. The minimum absolute atomic E-state index is 0.0302. The number of aliphatic carboxylic acids is 1. The number of thiophene rings is 1. The van der Waals surface area contributed by atoms with Gasteiger partial charge in [-0.25, -0.2) is 13.2 Å². The Morgan fingerprint density at radius 3 is 2.46 bits per heavy atom. The van der Waals surface area contributed by atoms with E-state index in [2.05, 4.69) is 4.74 Å². The van der Waals surface area contributed by atoms with E-state index in [4.69, 9.17) is 5.11 Å². The van der Waals surface area contributed by atoms with E-state index in [1.165, 1.54) is 0 Å². The number of halogens is 3. The number of carbonyl (C=O) groups is 2. The maximum atomic E-state index is 12.9. The summed E-state index contributed by atoms with van der Waals surface area (Å²) in [4.78, 5) is 22.0. The van der Waals surface area contributed by atoms with Crippen molar-refractivity contribution in [3.8, 4) is 0 Å². The van der Waals surface area contributed by atoms with Gasteiger partial charge >= 0.3 is 18.1 Å². The number of hydrogen-bond donors (Lipinski definition) is 1. The van der Waals surface area contributed by atoms with Crippen LogP contribution in [0.25, 0.3) is 0 Å². The summed E-state index contributed by atoms with van der Waals surface area (Å²) in [7, 11) is -3.25. The second kappa shape index (κ2) is 6.33. The third kappa shape index (κ3) is 3.39. The highest BCUT2D eigenvalue weighted by atomic mass is 32.2. The third-order valence-electron chi connectivity index (χ3n) is 3.62.